The third-order valence-corrected chi connectivity index (χ3v) is 4.98. The van der Waals surface area contributed by atoms with Gasteiger partial charge in [0.25, 0.3) is 0 Å². The van der Waals surface area contributed by atoms with Crippen molar-refractivity contribution < 1.29 is 13.9 Å². The van der Waals surface area contributed by atoms with E-state index in [1.54, 1.807) is 30.3 Å². The van der Waals surface area contributed by atoms with Crippen LogP contribution in [-0.4, -0.2) is 12.4 Å². The minimum absolute atomic E-state index is 0.0949. The molecule has 5 heteroatoms. The first-order valence-corrected chi connectivity index (χ1v) is 9.00. The van der Waals surface area contributed by atoms with E-state index < -0.39 is 0 Å². The summed E-state index contributed by atoms with van der Waals surface area (Å²) in [6.07, 6.45) is 3.78. The quantitative estimate of drug-likeness (QED) is 0.499. The second-order valence-corrected chi connectivity index (χ2v) is 6.87. The summed E-state index contributed by atoms with van der Waals surface area (Å²) >= 11 is 5.83. The summed E-state index contributed by atoms with van der Waals surface area (Å²) in [6.45, 7) is -0.0949. The number of ketones is 1. The van der Waals surface area contributed by atoms with Crippen molar-refractivity contribution in [3.05, 3.63) is 74.6 Å². The molecular weight excluding hydrogens is 352 g/mol. The summed E-state index contributed by atoms with van der Waals surface area (Å²) in [5.41, 5.74) is 2.67. The van der Waals surface area contributed by atoms with Gasteiger partial charge in [0.2, 0.25) is 0 Å². The van der Waals surface area contributed by atoms with Crippen LogP contribution in [0.25, 0.3) is 11.0 Å². The van der Waals surface area contributed by atoms with Crippen molar-refractivity contribution in [3.63, 3.8) is 0 Å². The molecule has 26 heavy (non-hydrogen) atoms. The number of fused-ring (bicyclic) bond motifs is 3. The van der Waals surface area contributed by atoms with Gasteiger partial charge >= 0.3 is 5.63 Å². The molecule has 0 atom stereocenters. The lowest BCUT2D eigenvalue weighted by molar-refractivity contribution is 0.0921. The monoisotopic (exact) mass is 368 g/mol. The Morgan fingerprint density at radius 3 is 2.54 bits per heavy atom. The SMILES string of the molecule is O=C(COc1ccc2c3c(c(=O)oc2c1)CCCC3)c1ccc(Cl)cc1. The minimum atomic E-state index is -0.262. The van der Waals surface area contributed by atoms with Crippen LogP contribution in [0.4, 0.5) is 0 Å². The molecule has 0 spiro atoms. The van der Waals surface area contributed by atoms with E-state index in [-0.39, 0.29) is 18.0 Å². The smallest absolute Gasteiger partial charge is 0.339 e. The second kappa shape index (κ2) is 6.96. The van der Waals surface area contributed by atoms with Gasteiger partial charge in [-0.3, -0.25) is 4.79 Å². The van der Waals surface area contributed by atoms with Crippen LogP contribution >= 0.6 is 11.6 Å². The van der Waals surface area contributed by atoms with E-state index in [1.165, 1.54) is 0 Å². The molecule has 0 amide bonds. The third-order valence-electron chi connectivity index (χ3n) is 4.73. The Morgan fingerprint density at radius 1 is 1.04 bits per heavy atom. The first kappa shape index (κ1) is 16.9. The first-order valence-electron chi connectivity index (χ1n) is 8.62. The maximum absolute atomic E-state index is 12.2. The Morgan fingerprint density at radius 2 is 1.77 bits per heavy atom. The summed E-state index contributed by atoms with van der Waals surface area (Å²) in [5, 5.41) is 1.53. The Kier molecular flexibility index (Phi) is 4.51. The van der Waals surface area contributed by atoms with Crippen molar-refractivity contribution in [1.82, 2.24) is 0 Å². The third kappa shape index (κ3) is 3.25. The average molecular weight is 369 g/mol. The molecule has 0 N–H and O–H groups in total. The van der Waals surface area contributed by atoms with Crippen molar-refractivity contribution in [2.24, 2.45) is 0 Å². The van der Waals surface area contributed by atoms with E-state index in [4.69, 9.17) is 20.8 Å². The zero-order valence-corrected chi connectivity index (χ0v) is 14.8. The van der Waals surface area contributed by atoms with Gasteiger partial charge in [-0.1, -0.05) is 11.6 Å². The van der Waals surface area contributed by atoms with Gasteiger partial charge in [0.05, 0.1) is 0 Å². The lowest BCUT2D eigenvalue weighted by Crippen LogP contribution is -2.16. The number of benzene rings is 2. The number of Topliss-reactive ketones (excluding diaryl/α,β-unsaturated/α-hetero) is 1. The molecule has 0 unspecified atom stereocenters. The van der Waals surface area contributed by atoms with E-state index >= 15 is 0 Å². The molecule has 0 fully saturated rings. The molecule has 1 aliphatic rings. The van der Waals surface area contributed by atoms with Gasteiger partial charge in [0.1, 0.15) is 11.3 Å². The number of halogens is 1. The largest absolute Gasteiger partial charge is 0.485 e. The highest BCUT2D eigenvalue weighted by Crippen LogP contribution is 2.29. The summed E-state index contributed by atoms with van der Waals surface area (Å²) in [5.74, 6) is 0.354. The maximum atomic E-state index is 12.2. The van der Waals surface area contributed by atoms with Crippen LogP contribution in [0.2, 0.25) is 5.02 Å². The van der Waals surface area contributed by atoms with Crippen molar-refractivity contribution in [3.8, 4) is 5.75 Å². The van der Waals surface area contributed by atoms with Crippen molar-refractivity contribution in [1.29, 1.82) is 0 Å². The van der Waals surface area contributed by atoms with Crippen molar-refractivity contribution >= 4 is 28.4 Å². The predicted molar refractivity (Wildman–Crippen MR) is 100 cm³/mol. The number of aryl methyl sites for hydroxylation is 1. The fraction of sp³-hybridized carbons (Fsp3) is 0.238. The molecule has 3 aromatic rings. The average Bonchev–Trinajstić information content (AvgIpc) is 2.67. The van der Waals surface area contributed by atoms with E-state index in [1.807, 2.05) is 12.1 Å². The zero-order chi connectivity index (χ0) is 18.1. The Balaban J connectivity index is 1.57. The number of carbonyl (C=O) groups excluding carboxylic acids is 1. The van der Waals surface area contributed by atoms with E-state index in [0.717, 1.165) is 42.2 Å². The Bertz CT molecular complexity index is 1030. The van der Waals surface area contributed by atoms with Crippen LogP contribution in [0.3, 0.4) is 0 Å². The van der Waals surface area contributed by atoms with Crippen LogP contribution in [-0.2, 0) is 12.8 Å². The highest BCUT2D eigenvalue weighted by molar-refractivity contribution is 6.30. The molecule has 0 saturated heterocycles. The summed E-state index contributed by atoms with van der Waals surface area (Å²) < 4.78 is 11.1. The van der Waals surface area contributed by atoms with Crippen molar-refractivity contribution in [2.45, 2.75) is 25.7 Å². The standard InChI is InChI=1S/C21H17ClO4/c22-14-7-5-13(6-8-14)19(23)12-25-15-9-10-17-16-3-1-2-4-18(16)21(24)26-20(17)11-15/h5-11H,1-4,12H2. The normalized spacial score (nSPS) is 13.4. The van der Waals surface area contributed by atoms with Crippen LogP contribution in [0, 0.1) is 0 Å². The number of hydrogen-bond donors (Lipinski definition) is 0. The van der Waals surface area contributed by atoms with Gasteiger partial charge in [-0.05, 0) is 67.6 Å². The molecule has 132 valence electrons. The molecular formula is C21H17ClO4. The molecule has 1 aromatic heterocycles. The highest BCUT2D eigenvalue weighted by atomic mass is 35.5. The van der Waals surface area contributed by atoms with Crippen LogP contribution in [0.1, 0.15) is 34.3 Å². The summed E-state index contributed by atoms with van der Waals surface area (Å²) in [6, 6.07) is 12.1. The van der Waals surface area contributed by atoms with Crippen molar-refractivity contribution in [2.75, 3.05) is 6.61 Å². The lowest BCUT2D eigenvalue weighted by atomic mass is 9.91. The predicted octanol–water partition coefficient (Wildman–Crippen LogP) is 4.59. The molecule has 4 rings (SSSR count). The number of hydrogen-bond acceptors (Lipinski definition) is 4. The number of rotatable bonds is 4. The Hall–Kier alpha value is -2.59. The molecule has 0 saturated carbocycles. The molecule has 0 radical (unpaired) electrons. The van der Waals surface area contributed by atoms with E-state index in [0.29, 0.717) is 21.9 Å². The maximum Gasteiger partial charge on any atom is 0.339 e. The van der Waals surface area contributed by atoms with E-state index in [2.05, 4.69) is 0 Å². The van der Waals surface area contributed by atoms with Crippen LogP contribution in [0.5, 0.6) is 5.75 Å². The molecule has 0 bridgehead atoms. The van der Waals surface area contributed by atoms with Gasteiger partial charge < -0.3 is 9.15 Å². The van der Waals surface area contributed by atoms with Crippen LogP contribution in [0.15, 0.2) is 51.7 Å². The molecule has 1 heterocycles. The highest BCUT2D eigenvalue weighted by Gasteiger charge is 2.18. The van der Waals surface area contributed by atoms with Gasteiger partial charge in [-0.2, -0.15) is 0 Å². The topological polar surface area (TPSA) is 56.5 Å². The first-order chi connectivity index (χ1) is 12.6. The van der Waals surface area contributed by atoms with Gasteiger partial charge in [-0.25, -0.2) is 4.79 Å². The molecule has 2 aromatic carbocycles. The zero-order valence-electron chi connectivity index (χ0n) is 14.1. The fourth-order valence-corrected chi connectivity index (χ4v) is 3.51. The summed E-state index contributed by atoms with van der Waals surface area (Å²) in [7, 11) is 0. The van der Waals surface area contributed by atoms with Gasteiger partial charge in [0, 0.05) is 27.6 Å². The molecule has 4 nitrogen and oxygen atoms in total. The minimum Gasteiger partial charge on any atom is -0.485 e. The number of ether oxygens (including phenoxy) is 1. The molecule has 1 aliphatic carbocycles. The molecule has 0 aliphatic heterocycles. The fourth-order valence-electron chi connectivity index (χ4n) is 3.38. The van der Waals surface area contributed by atoms with E-state index in [9.17, 15) is 9.59 Å². The Labute approximate surface area is 155 Å². The van der Waals surface area contributed by atoms with Crippen LogP contribution < -0.4 is 10.4 Å². The lowest BCUT2D eigenvalue weighted by Gasteiger charge is -2.16. The number of carbonyl (C=O) groups is 1. The van der Waals surface area contributed by atoms with Gasteiger partial charge in [-0.15, -0.1) is 0 Å². The van der Waals surface area contributed by atoms with Gasteiger partial charge in [0.15, 0.2) is 12.4 Å². The second-order valence-electron chi connectivity index (χ2n) is 6.43. The summed E-state index contributed by atoms with van der Waals surface area (Å²) in [4.78, 5) is 24.4.